The molecule has 1 aliphatic carbocycles. The van der Waals surface area contributed by atoms with E-state index in [2.05, 4.69) is 19.7 Å². The van der Waals surface area contributed by atoms with E-state index in [0.29, 0.717) is 21.7 Å². The van der Waals surface area contributed by atoms with E-state index in [1.165, 1.54) is 28.3 Å². The van der Waals surface area contributed by atoms with Crippen LogP contribution in [0.15, 0.2) is 24.3 Å². The highest BCUT2D eigenvalue weighted by Crippen LogP contribution is 2.42. The fourth-order valence-electron chi connectivity index (χ4n) is 4.16. The minimum Gasteiger partial charge on any atom is -0.492 e. The molecule has 0 radical (unpaired) electrons. The molecule has 29 heavy (non-hydrogen) atoms. The number of thiazole rings is 1. The van der Waals surface area contributed by atoms with Gasteiger partial charge in [-0.05, 0) is 44.5 Å². The van der Waals surface area contributed by atoms with E-state index in [9.17, 15) is 13.9 Å². The number of rotatable bonds is 6. The number of aryl methyl sites for hydroxylation is 1. The molecule has 4 rings (SSSR count). The molecule has 0 amide bonds. The van der Waals surface area contributed by atoms with Crippen LogP contribution < -0.4 is 4.74 Å². The minimum atomic E-state index is -2.88. The second-order valence-electron chi connectivity index (χ2n) is 7.45. The number of hydrogen-bond donors (Lipinski definition) is 1. The highest BCUT2D eigenvalue weighted by molar-refractivity contribution is 7.17. The summed E-state index contributed by atoms with van der Waals surface area (Å²) in [5.74, 6) is 0.732. The van der Waals surface area contributed by atoms with E-state index in [1.807, 2.05) is 13.1 Å². The van der Waals surface area contributed by atoms with Gasteiger partial charge in [-0.15, -0.1) is 5.10 Å². The molecular weight excluding hydrogens is 398 g/mol. The van der Waals surface area contributed by atoms with Gasteiger partial charge in [0.1, 0.15) is 11.6 Å². The zero-order valence-corrected chi connectivity index (χ0v) is 17.2. The number of fused-ring (bicyclic) bond motifs is 1. The number of aromatic hydroxyl groups is 1. The summed E-state index contributed by atoms with van der Waals surface area (Å²) in [6.07, 6.45) is 5.70. The second-order valence-corrected chi connectivity index (χ2v) is 8.46. The summed E-state index contributed by atoms with van der Waals surface area (Å²) in [7, 11) is 2.03. The Bertz CT molecular complexity index is 984. The zero-order chi connectivity index (χ0) is 20.5. The van der Waals surface area contributed by atoms with E-state index in [0.717, 1.165) is 31.2 Å². The quantitative estimate of drug-likeness (QED) is 0.621. The van der Waals surface area contributed by atoms with Gasteiger partial charge in [-0.25, -0.2) is 4.98 Å². The van der Waals surface area contributed by atoms with Gasteiger partial charge in [0.05, 0.1) is 10.9 Å². The summed E-state index contributed by atoms with van der Waals surface area (Å²) >= 11 is 1.37. The Morgan fingerprint density at radius 3 is 2.72 bits per heavy atom. The molecule has 1 atom stereocenters. The van der Waals surface area contributed by atoms with Gasteiger partial charge in [0, 0.05) is 6.04 Å². The van der Waals surface area contributed by atoms with Crippen molar-refractivity contribution in [1.82, 2.24) is 19.5 Å². The predicted octanol–water partition coefficient (Wildman–Crippen LogP) is 4.76. The number of ether oxygens (including phenoxy) is 1. The molecule has 1 saturated carbocycles. The Hall–Kier alpha value is -2.26. The van der Waals surface area contributed by atoms with Gasteiger partial charge in [0.25, 0.3) is 0 Å². The normalized spacial score (nSPS) is 16.8. The fourth-order valence-corrected chi connectivity index (χ4v) is 5.34. The van der Waals surface area contributed by atoms with Gasteiger partial charge < -0.3 is 9.84 Å². The third-order valence-electron chi connectivity index (χ3n) is 5.51. The summed E-state index contributed by atoms with van der Waals surface area (Å²) in [6, 6.07) is 6.75. The number of halogens is 2. The van der Waals surface area contributed by atoms with Gasteiger partial charge in [-0.2, -0.15) is 13.3 Å². The lowest BCUT2D eigenvalue weighted by Crippen LogP contribution is -2.36. The Labute approximate surface area is 171 Å². The molecule has 2 aromatic heterocycles. The predicted molar refractivity (Wildman–Crippen MR) is 107 cm³/mol. The number of alkyl halides is 2. The van der Waals surface area contributed by atoms with E-state index in [-0.39, 0.29) is 17.7 Å². The van der Waals surface area contributed by atoms with E-state index in [1.54, 1.807) is 19.1 Å². The van der Waals surface area contributed by atoms with Crippen LogP contribution in [0.3, 0.4) is 0 Å². The van der Waals surface area contributed by atoms with Crippen LogP contribution in [0.2, 0.25) is 0 Å². The van der Waals surface area contributed by atoms with Crippen molar-refractivity contribution < 1.29 is 18.6 Å². The Kier molecular flexibility index (Phi) is 5.69. The van der Waals surface area contributed by atoms with Crippen molar-refractivity contribution >= 4 is 16.3 Å². The van der Waals surface area contributed by atoms with Crippen molar-refractivity contribution in [2.24, 2.45) is 0 Å². The number of nitrogens with zero attached hydrogens (tertiary/aromatic N) is 4. The molecule has 0 bridgehead atoms. The van der Waals surface area contributed by atoms with E-state index in [4.69, 9.17) is 0 Å². The van der Waals surface area contributed by atoms with Crippen LogP contribution >= 0.6 is 11.3 Å². The number of benzene rings is 1. The first-order valence-corrected chi connectivity index (χ1v) is 10.6. The van der Waals surface area contributed by atoms with E-state index >= 15 is 0 Å². The Balaban J connectivity index is 1.78. The maximum atomic E-state index is 12.7. The molecule has 1 N–H and O–H groups in total. The zero-order valence-electron chi connectivity index (χ0n) is 16.4. The van der Waals surface area contributed by atoms with Gasteiger partial charge in [-0.3, -0.25) is 4.90 Å². The van der Waals surface area contributed by atoms with Crippen molar-refractivity contribution in [3.05, 3.63) is 40.5 Å². The monoisotopic (exact) mass is 422 g/mol. The van der Waals surface area contributed by atoms with Crippen LogP contribution in [-0.4, -0.2) is 44.3 Å². The number of hydrogen-bond acceptors (Lipinski definition) is 6. The van der Waals surface area contributed by atoms with Crippen molar-refractivity contribution in [3.8, 4) is 11.6 Å². The lowest BCUT2D eigenvalue weighted by Gasteiger charge is -2.37. The third kappa shape index (κ3) is 4.06. The first-order chi connectivity index (χ1) is 13.9. The highest BCUT2D eigenvalue weighted by Gasteiger charge is 2.32. The van der Waals surface area contributed by atoms with Crippen LogP contribution in [0.1, 0.15) is 54.4 Å². The van der Waals surface area contributed by atoms with Crippen molar-refractivity contribution in [2.45, 2.75) is 57.7 Å². The standard InChI is InChI=1S/C20H24F2N4O2S/c1-12-23-20-26(24-12)18(27)17(29-20)16(25(2)14-8-4-3-5-9-14)13-7-6-10-15(11-13)28-19(21)22/h6-7,10-11,14,16,19,27H,3-5,8-9H2,1-2H3/t16-/m1/s1. The van der Waals surface area contributed by atoms with Crippen LogP contribution in [0.25, 0.3) is 4.96 Å². The molecule has 6 nitrogen and oxygen atoms in total. The molecule has 0 aliphatic heterocycles. The number of aromatic nitrogens is 3. The van der Waals surface area contributed by atoms with Crippen molar-refractivity contribution in [3.63, 3.8) is 0 Å². The van der Waals surface area contributed by atoms with E-state index < -0.39 is 6.61 Å². The van der Waals surface area contributed by atoms with Crippen LogP contribution in [-0.2, 0) is 0 Å². The summed E-state index contributed by atoms with van der Waals surface area (Å²) < 4.78 is 31.5. The van der Waals surface area contributed by atoms with Crippen LogP contribution in [0.5, 0.6) is 11.6 Å². The lowest BCUT2D eigenvalue weighted by molar-refractivity contribution is -0.0499. The molecule has 2 heterocycles. The molecule has 0 spiro atoms. The average molecular weight is 423 g/mol. The Morgan fingerprint density at radius 1 is 1.28 bits per heavy atom. The largest absolute Gasteiger partial charge is 0.492 e. The summed E-state index contributed by atoms with van der Waals surface area (Å²) in [5.41, 5.74) is 0.785. The topological polar surface area (TPSA) is 62.9 Å². The maximum absolute atomic E-state index is 12.7. The molecule has 9 heteroatoms. The van der Waals surface area contributed by atoms with Crippen LogP contribution in [0.4, 0.5) is 8.78 Å². The second kappa shape index (κ2) is 8.23. The molecule has 1 fully saturated rings. The molecule has 1 aromatic carbocycles. The smallest absolute Gasteiger partial charge is 0.387 e. The molecule has 1 aliphatic rings. The maximum Gasteiger partial charge on any atom is 0.387 e. The van der Waals surface area contributed by atoms with Crippen LogP contribution in [0, 0.1) is 6.92 Å². The first kappa shape index (κ1) is 20.0. The van der Waals surface area contributed by atoms with Gasteiger partial charge in [0.15, 0.2) is 0 Å². The fraction of sp³-hybridized carbons (Fsp3) is 0.500. The molecule has 0 saturated heterocycles. The molecule has 0 unspecified atom stereocenters. The third-order valence-corrected chi connectivity index (χ3v) is 6.58. The lowest BCUT2D eigenvalue weighted by atomic mass is 9.92. The molecular formula is C20H24F2N4O2S. The van der Waals surface area contributed by atoms with Crippen molar-refractivity contribution in [1.29, 1.82) is 0 Å². The minimum absolute atomic E-state index is 0.0402. The first-order valence-electron chi connectivity index (χ1n) is 9.75. The van der Waals surface area contributed by atoms with Crippen molar-refractivity contribution in [2.75, 3.05) is 7.05 Å². The summed E-state index contributed by atoms with van der Waals surface area (Å²) in [5, 5.41) is 15.2. The summed E-state index contributed by atoms with van der Waals surface area (Å²) in [6.45, 7) is -1.11. The highest BCUT2D eigenvalue weighted by atomic mass is 32.1. The van der Waals surface area contributed by atoms with Gasteiger partial charge in [-0.1, -0.05) is 42.7 Å². The average Bonchev–Trinajstić information content (AvgIpc) is 3.20. The molecule has 156 valence electrons. The Morgan fingerprint density at radius 2 is 2.03 bits per heavy atom. The molecule has 3 aromatic rings. The SMILES string of the molecule is Cc1nc2sc([C@@H](c3cccc(OC(F)F)c3)N(C)C3CCCCC3)c(O)n2n1. The summed E-state index contributed by atoms with van der Waals surface area (Å²) in [4.78, 5) is 7.91. The van der Waals surface area contributed by atoms with Gasteiger partial charge in [0.2, 0.25) is 10.8 Å². The van der Waals surface area contributed by atoms with Gasteiger partial charge >= 0.3 is 6.61 Å².